The molecule has 7 nitrogen and oxygen atoms in total. The minimum Gasteiger partial charge on any atom is -0.497 e. The highest BCUT2D eigenvalue weighted by molar-refractivity contribution is 6.21. The summed E-state index contributed by atoms with van der Waals surface area (Å²) in [6, 6.07) is 12.0. The molecule has 0 bridgehead atoms. The van der Waals surface area contributed by atoms with E-state index < -0.39 is 6.04 Å². The van der Waals surface area contributed by atoms with Crippen molar-refractivity contribution in [2.45, 2.75) is 19.0 Å². The Kier molecular flexibility index (Phi) is 3.58. The molecule has 142 valence electrons. The maximum absolute atomic E-state index is 13.1. The molecule has 2 aliphatic rings. The normalized spacial score (nSPS) is 18.4. The molecule has 1 N–H and O–H groups in total. The molecule has 0 radical (unpaired) electrons. The predicted molar refractivity (Wildman–Crippen MR) is 104 cm³/mol. The molecule has 0 spiro atoms. The summed E-state index contributed by atoms with van der Waals surface area (Å²) in [5, 5.41) is 1.04. The Morgan fingerprint density at radius 1 is 1.00 bits per heavy atom. The summed E-state index contributed by atoms with van der Waals surface area (Å²) in [7, 11) is 3.21. The number of amides is 3. The van der Waals surface area contributed by atoms with E-state index in [1.807, 2.05) is 18.2 Å². The number of urea groups is 1. The van der Waals surface area contributed by atoms with Gasteiger partial charge < -0.3 is 19.4 Å². The largest absolute Gasteiger partial charge is 0.497 e. The molecule has 1 saturated heterocycles. The second kappa shape index (κ2) is 6.02. The zero-order valence-corrected chi connectivity index (χ0v) is 15.6. The zero-order valence-electron chi connectivity index (χ0n) is 15.6. The van der Waals surface area contributed by atoms with E-state index in [2.05, 4.69) is 4.98 Å². The van der Waals surface area contributed by atoms with Crippen molar-refractivity contribution in [3.05, 3.63) is 53.7 Å². The number of H-pyrrole nitrogens is 1. The van der Waals surface area contributed by atoms with E-state index in [0.29, 0.717) is 24.4 Å². The maximum Gasteiger partial charge on any atom is 0.332 e. The van der Waals surface area contributed by atoms with Gasteiger partial charge in [-0.05, 0) is 48.0 Å². The van der Waals surface area contributed by atoms with Crippen molar-refractivity contribution < 1.29 is 19.1 Å². The van der Waals surface area contributed by atoms with Gasteiger partial charge in [-0.1, -0.05) is 0 Å². The van der Waals surface area contributed by atoms with Crippen LogP contribution in [0.25, 0.3) is 10.9 Å². The number of nitrogens with zero attached hydrogens (tertiary/aromatic N) is 2. The number of nitrogens with one attached hydrogen (secondary N) is 1. The number of hydrogen-bond acceptors (Lipinski definition) is 4. The molecule has 3 amide bonds. The molecular weight excluding hydrogens is 358 g/mol. The van der Waals surface area contributed by atoms with Crippen LogP contribution in [0.1, 0.15) is 11.3 Å². The van der Waals surface area contributed by atoms with Crippen molar-refractivity contribution in [2.24, 2.45) is 0 Å². The number of aromatic amines is 1. The van der Waals surface area contributed by atoms with Crippen molar-refractivity contribution in [1.29, 1.82) is 0 Å². The minimum atomic E-state index is -0.493. The van der Waals surface area contributed by atoms with Gasteiger partial charge in [-0.3, -0.25) is 4.79 Å². The lowest BCUT2D eigenvalue weighted by molar-refractivity contribution is -0.119. The molecule has 7 heteroatoms. The average Bonchev–Trinajstić information content (AvgIpc) is 3.20. The smallest absolute Gasteiger partial charge is 0.332 e. The van der Waals surface area contributed by atoms with Crippen molar-refractivity contribution in [1.82, 2.24) is 9.88 Å². The van der Waals surface area contributed by atoms with Crippen LogP contribution < -0.4 is 14.4 Å². The molecule has 1 unspecified atom stereocenters. The van der Waals surface area contributed by atoms with Gasteiger partial charge in [0.2, 0.25) is 0 Å². The van der Waals surface area contributed by atoms with Gasteiger partial charge in [0, 0.05) is 23.0 Å². The van der Waals surface area contributed by atoms with Crippen LogP contribution in [0, 0.1) is 0 Å². The maximum atomic E-state index is 13.1. The second-order valence-electron chi connectivity index (χ2n) is 7.00. The Bertz CT molecular complexity index is 1100. The first kappa shape index (κ1) is 16.7. The minimum absolute atomic E-state index is 0.196. The molecule has 3 aromatic rings. The number of methoxy groups -OCH3 is 2. The van der Waals surface area contributed by atoms with Crippen LogP contribution >= 0.6 is 0 Å². The fourth-order valence-electron chi connectivity index (χ4n) is 4.12. The van der Waals surface area contributed by atoms with Crippen molar-refractivity contribution in [3.63, 3.8) is 0 Å². The summed E-state index contributed by atoms with van der Waals surface area (Å²) in [6.07, 6.45) is 0.486. The Morgan fingerprint density at radius 3 is 2.43 bits per heavy atom. The van der Waals surface area contributed by atoms with E-state index in [0.717, 1.165) is 27.9 Å². The van der Waals surface area contributed by atoms with Gasteiger partial charge >= 0.3 is 6.03 Å². The Hall–Kier alpha value is -3.48. The summed E-state index contributed by atoms with van der Waals surface area (Å²) in [6.45, 7) is 0.383. The summed E-state index contributed by atoms with van der Waals surface area (Å²) in [4.78, 5) is 32.4. The molecule has 5 rings (SSSR count). The quantitative estimate of drug-likeness (QED) is 0.712. The van der Waals surface area contributed by atoms with Crippen LogP contribution in [0.3, 0.4) is 0 Å². The zero-order chi connectivity index (χ0) is 19.4. The summed E-state index contributed by atoms with van der Waals surface area (Å²) in [5.41, 5.74) is 3.59. The SMILES string of the molecule is COc1ccc(N2C(=O)C3Cc4c([nH]c5ccc(OC)cc45)CN3C2=O)cc1. The number of ether oxygens (including phenoxy) is 2. The molecule has 3 heterocycles. The Morgan fingerprint density at radius 2 is 1.71 bits per heavy atom. The molecule has 2 aromatic carbocycles. The highest BCUT2D eigenvalue weighted by Crippen LogP contribution is 2.37. The first-order valence-electron chi connectivity index (χ1n) is 9.07. The molecule has 1 atom stereocenters. The van der Waals surface area contributed by atoms with E-state index in [-0.39, 0.29) is 11.9 Å². The van der Waals surface area contributed by atoms with Crippen LogP contribution in [0.2, 0.25) is 0 Å². The third-order valence-corrected chi connectivity index (χ3v) is 5.58. The summed E-state index contributed by atoms with van der Waals surface area (Å²) < 4.78 is 10.5. The van der Waals surface area contributed by atoms with Gasteiger partial charge in [-0.2, -0.15) is 0 Å². The third-order valence-electron chi connectivity index (χ3n) is 5.58. The number of rotatable bonds is 3. The molecule has 28 heavy (non-hydrogen) atoms. The van der Waals surface area contributed by atoms with E-state index in [1.165, 1.54) is 4.90 Å². The molecule has 0 saturated carbocycles. The van der Waals surface area contributed by atoms with E-state index in [9.17, 15) is 9.59 Å². The fraction of sp³-hybridized carbons (Fsp3) is 0.238. The number of aromatic nitrogens is 1. The Balaban J connectivity index is 1.51. The molecule has 1 fully saturated rings. The monoisotopic (exact) mass is 377 g/mol. The van der Waals surface area contributed by atoms with Gasteiger partial charge in [0.1, 0.15) is 17.5 Å². The third kappa shape index (κ3) is 2.29. The average molecular weight is 377 g/mol. The lowest BCUT2D eigenvalue weighted by Crippen LogP contribution is -2.39. The number of hydrogen-bond donors (Lipinski definition) is 1. The van der Waals surface area contributed by atoms with Crippen LogP contribution in [0.15, 0.2) is 42.5 Å². The van der Waals surface area contributed by atoms with Gasteiger partial charge in [-0.15, -0.1) is 0 Å². The first-order valence-corrected chi connectivity index (χ1v) is 9.07. The van der Waals surface area contributed by atoms with E-state index in [4.69, 9.17) is 9.47 Å². The van der Waals surface area contributed by atoms with Crippen molar-refractivity contribution in [3.8, 4) is 11.5 Å². The van der Waals surface area contributed by atoms with Crippen LogP contribution in [-0.4, -0.2) is 42.1 Å². The summed E-state index contributed by atoms with van der Waals surface area (Å²) in [5.74, 6) is 1.25. The van der Waals surface area contributed by atoms with Gasteiger partial charge in [0.15, 0.2) is 0 Å². The standard InChI is InChI=1S/C21H19N3O4/c1-27-13-5-3-12(4-6-13)24-20(25)19-10-16-15-9-14(28-2)7-8-17(15)22-18(16)11-23(19)21(24)26/h3-9,19,22H,10-11H2,1-2H3. The molecule has 0 aliphatic carbocycles. The van der Waals surface area contributed by atoms with Crippen molar-refractivity contribution in [2.75, 3.05) is 19.1 Å². The topological polar surface area (TPSA) is 74.9 Å². The van der Waals surface area contributed by atoms with E-state index >= 15 is 0 Å². The van der Waals surface area contributed by atoms with Gasteiger partial charge in [0.25, 0.3) is 5.91 Å². The highest BCUT2D eigenvalue weighted by atomic mass is 16.5. The number of imide groups is 1. The highest BCUT2D eigenvalue weighted by Gasteiger charge is 2.48. The van der Waals surface area contributed by atoms with E-state index in [1.54, 1.807) is 43.4 Å². The summed E-state index contributed by atoms with van der Waals surface area (Å²) >= 11 is 0. The molecular formula is C21H19N3O4. The number of carbonyl (C=O) groups excluding carboxylic acids is 2. The van der Waals surface area contributed by atoms with Crippen LogP contribution in [-0.2, 0) is 17.8 Å². The van der Waals surface area contributed by atoms with Gasteiger partial charge in [0.05, 0.1) is 26.5 Å². The van der Waals surface area contributed by atoms with Crippen molar-refractivity contribution >= 4 is 28.5 Å². The number of fused-ring (bicyclic) bond motifs is 4. The van der Waals surface area contributed by atoms with Crippen LogP contribution in [0.5, 0.6) is 11.5 Å². The Labute approximate surface area is 161 Å². The number of benzene rings is 2. The fourth-order valence-corrected chi connectivity index (χ4v) is 4.12. The number of carbonyl (C=O) groups is 2. The first-order chi connectivity index (χ1) is 13.6. The molecule has 1 aromatic heterocycles. The predicted octanol–water partition coefficient (Wildman–Crippen LogP) is 3.08. The number of anilines is 1. The molecule has 2 aliphatic heterocycles. The lowest BCUT2D eigenvalue weighted by atomic mass is 9.97. The van der Waals surface area contributed by atoms with Crippen LogP contribution in [0.4, 0.5) is 10.5 Å². The second-order valence-corrected chi connectivity index (χ2v) is 7.00. The lowest BCUT2D eigenvalue weighted by Gasteiger charge is -2.26. The van der Waals surface area contributed by atoms with Gasteiger partial charge in [-0.25, -0.2) is 9.69 Å².